The number of hydrogen-bond acceptors (Lipinski definition) is 3. The molecule has 1 aliphatic rings. The van der Waals surface area contributed by atoms with Crippen LogP contribution in [0.5, 0.6) is 0 Å². The van der Waals surface area contributed by atoms with Crippen LogP contribution in [-0.4, -0.2) is 30.2 Å². The number of benzene rings is 1. The van der Waals surface area contributed by atoms with Crippen LogP contribution in [-0.2, 0) is 0 Å². The number of rotatable bonds is 4. The van der Waals surface area contributed by atoms with E-state index < -0.39 is 5.60 Å². The van der Waals surface area contributed by atoms with E-state index >= 15 is 0 Å². The standard InChI is InChI=1S/C16H24N2O2/c1-12-4-3-9-16(20,10-12)11-18-14-7-5-13(6-8-14)15(19)17-2/h5-8,12,18,20H,3-4,9-11H2,1-2H3,(H,17,19)/t12-,16-/m0/s1. The highest BCUT2D eigenvalue weighted by atomic mass is 16.3. The maximum Gasteiger partial charge on any atom is 0.251 e. The lowest BCUT2D eigenvalue weighted by Gasteiger charge is -2.35. The van der Waals surface area contributed by atoms with Crippen LogP contribution in [0.3, 0.4) is 0 Å². The average molecular weight is 276 g/mol. The summed E-state index contributed by atoms with van der Waals surface area (Å²) in [7, 11) is 1.62. The highest BCUT2D eigenvalue weighted by molar-refractivity contribution is 5.94. The Morgan fingerprint density at radius 1 is 1.40 bits per heavy atom. The van der Waals surface area contributed by atoms with Gasteiger partial charge in [0.2, 0.25) is 0 Å². The number of carbonyl (C=O) groups excluding carboxylic acids is 1. The van der Waals surface area contributed by atoms with Crippen LogP contribution in [0.1, 0.15) is 43.0 Å². The van der Waals surface area contributed by atoms with Gasteiger partial charge in [-0.2, -0.15) is 0 Å². The van der Waals surface area contributed by atoms with E-state index in [1.807, 2.05) is 12.1 Å². The second-order valence-corrected chi connectivity index (χ2v) is 5.94. The SMILES string of the molecule is CNC(=O)c1ccc(NC[C@]2(O)CCC[C@H](C)C2)cc1. The summed E-state index contributed by atoms with van der Waals surface area (Å²) in [4.78, 5) is 11.4. The quantitative estimate of drug-likeness (QED) is 0.791. The zero-order valence-corrected chi connectivity index (χ0v) is 12.3. The van der Waals surface area contributed by atoms with Gasteiger partial charge < -0.3 is 15.7 Å². The number of amides is 1. The molecule has 0 unspecified atom stereocenters. The Labute approximate surface area is 120 Å². The molecule has 0 aliphatic heterocycles. The maximum absolute atomic E-state index is 11.4. The monoisotopic (exact) mass is 276 g/mol. The Hall–Kier alpha value is -1.55. The molecule has 1 amide bonds. The van der Waals surface area contributed by atoms with E-state index in [0.717, 1.165) is 24.9 Å². The van der Waals surface area contributed by atoms with Crippen LogP contribution in [0.25, 0.3) is 0 Å². The molecule has 110 valence electrons. The summed E-state index contributed by atoms with van der Waals surface area (Å²) in [6.45, 7) is 2.76. The minimum Gasteiger partial charge on any atom is -0.388 e. The molecule has 4 nitrogen and oxygen atoms in total. The molecule has 1 saturated carbocycles. The van der Waals surface area contributed by atoms with Gasteiger partial charge in [0.1, 0.15) is 0 Å². The van der Waals surface area contributed by atoms with Crippen molar-refractivity contribution in [3.8, 4) is 0 Å². The van der Waals surface area contributed by atoms with E-state index in [9.17, 15) is 9.90 Å². The predicted octanol–water partition coefficient (Wildman–Crippen LogP) is 2.40. The van der Waals surface area contributed by atoms with Gasteiger partial charge in [-0.3, -0.25) is 4.79 Å². The van der Waals surface area contributed by atoms with Crippen LogP contribution in [0.4, 0.5) is 5.69 Å². The largest absolute Gasteiger partial charge is 0.388 e. The minimum absolute atomic E-state index is 0.0868. The minimum atomic E-state index is -0.600. The summed E-state index contributed by atoms with van der Waals surface area (Å²) in [6.07, 6.45) is 4.02. The van der Waals surface area contributed by atoms with Crippen molar-refractivity contribution >= 4 is 11.6 Å². The summed E-state index contributed by atoms with van der Waals surface area (Å²) in [5.74, 6) is 0.502. The van der Waals surface area contributed by atoms with Gasteiger partial charge in [0.05, 0.1) is 5.60 Å². The molecule has 2 rings (SSSR count). The first kappa shape index (κ1) is 14.9. The zero-order valence-electron chi connectivity index (χ0n) is 12.3. The number of hydrogen-bond donors (Lipinski definition) is 3. The first-order valence-corrected chi connectivity index (χ1v) is 7.31. The second-order valence-electron chi connectivity index (χ2n) is 5.94. The van der Waals surface area contributed by atoms with Crippen molar-refractivity contribution in [1.82, 2.24) is 5.32 Å². The molecule has 3 N–H and O–H groups in total. The van der Waals surface area contributed by atoms with E-state index in [1.54, 1.807) is 19.2 Å². The molecule has 2 atom stereocenters. The molecule has 1 aromatic rings. The highest BCUT2D eigenvalue weighted by Gasteiger charge is 2.32. The van der Waals surface area contributed by atoms with Crippen molar-refractivity contribution in [1.29, 1.82) is 0 Å². The number of carbonyl (C=O) groups is 1. The van der Waals surface area contributed by atoms with Gasteiger partial charge in [-0.1, -0.05) is 19.8 Å². The van der Waals surface area contributed by atoms with Crippen molar-refractivity contribution in [3.63, 3.8) is 0 Å². The summed E-state index contributed by atoms with van der Waals surface area (Å²) in [6, 6.07) is 7.32. The van der Waals surface area contributed by atoms with Crippen molar-refractivity contribution in [2.75, 3.05) is 18.9 Å². The van der Waals surface area contributed by atoms with Gasteiger partial charge in [-0.25, -0.2) is 0 Å². The summed E-state index contributed by atoms with van der Waals surface area (Å²) in [5.41, 5.74) is 0.976. The molecule has 0 radical (unpaired) electrons. The van der Waals surface area contributed by atoms with Crippen molar-refractivity contribution in [2.24, 2.45) is 5.92 Å². The number of aliphatic hydroxyl groups is 1. The van der Waals surface area contributed by atoms with Crippen molar-refractivity contribution < 1.29 is 9.90 Å². The van der Waals surface area contributed by atoms with E-state index in [1.165, 1.54) is 6.42 Å². The summed E-state index contributed by atoms with van der Waals surface area (Å²) in [5, 5.41) is 16.4. The van der Waals surface area contributed by atoms with Crippen molar-refractivity contribution in [2.45, 2.75) is 38.2 Å². The molecule has 0 spiro atoms. The van der Waals surface area contributed by atoms with Gasteiger partial charge >= 0.3 is 0 Å². The third kappa shape index (κ3) is 3.73. The molecule has 20 heavy (non-hydrogen) atoms. The Bertz CT molecular complexity index is 458. The van der Waals surface area contributed by atoms with Gasteiger partial charge in [0.15, 0.2) is 0 Å². The Balaban J connectivity index is 1.92. The lowest BCUT2D eigenvalue weighted by atomic mass is 9.79. The Kier molecular flexibility index (Phi) is 4.65. The fourth-order valence-electron chi connectivity index (χ4n) is 2.94. The molecule has 1 fully saturated rings. The van der Waals surface area contributed by atoms with Crippen LogP contribution in [0.2, 0.25) is 0 Å². The lowest BCUT2D eigenvalue weighted by Crippen LogP contribution is -2.41. The van der Waals surface area contributed by atoms with Crippen LogP contribution in [0, 0.1) is 5.92 Å². The Morgan fingerprint density at radius 2 is 2.10 bits per heavy atom. The van der Waals surface area contributed by atoms with E-state index in [-0.39, 0.29) is 5.91 Å². The van der Waals surface area contributed by atoms with E-state index in [2.05, 4.69) is 17.6 Å². The number of nitrogens with one attached hydrogen (secondary N) is 2. The predicted molar refractivity (Wildman–Crippen MR) is 80.9 cm³/mol. The molecule has 0 bridgehead atoms. The van der Waals surface area contributed by atoms with E-state index in [0.29, 0.717) is 18.0 Å². The lowest BCUT2D eigenvalue weighted by molar-refractivity contribution is -0.000766. The molecule has 1 aliphatic carbocycles. The fraction of sp³-hybridized carbons (Fsp3) is 0.562. The highest BCUT2D eigenvalue weighted by Crippen LogP contribution is 2.32. The molecule has 4 heteroatoms. The average Bonchev–Trinajstić information content (AvgIpc) is 2.45. The number of anilines is 1. The smallest absolute Gasteiger partial charge is 0.251 e. The third-order valence-electron chi connectivity index (χ3n) is 4.06. The topological polar surface area (TPSA) is 61.4 Å². The fourth-order valence-corrected chi connectivity index (χ4v) is 2.94. The van der Waals surface area contributed by atoms with E-state index in [4.69, 9.17) is 0 Å². The molecule has 0 aromatic heterocycles. The normalized spacial score (nSPS) is 26.1. The molecular weight excluding hydrogens is 252 g/mol. The summed E-state index contributed by atoms with van der Waals surface area (Å²) < 4.78 is 0. The summed E-state index contributed by atoms with van der Waals surface area (Å²) >= 11 is 0. The molecule has 0 heterocycles. The molecule has 1 aromatic carbocycles. The third-order valence-corrected chi connectivity index (χ3v) is 4.06. The van der Waals surface area contributed by atoms with Gasteiger partial charge in [-0.05, 0) is 43.0 Å². The Morgan fingerprint density at radius 3 is 2.70 bits per heavy atom. The van der Waals surface area contributed by atoms with Gasteiger partial charge in [0, 0.05) is 24.8 Å². The zero-order chi connectivity index (χ0) is 14.6. The van der Waals surface area contributed by atoms with Crippen LogP contribution in [0.15, 0.2) is 24.3 Å². The van der Waals surface area contributed by atoms with Gasteiger partial charge in [-0.15, -0.1) is 0 Å². The van der Waals surface area contributed by atoms with Crippen molar-refractivity contribution in [3.05, 3.63) is 29.8 Å². The molecular formula is C16H24N2O2. The first-order valence-electron chi connectivity index (χ1n) is 7.31. The van der Waals surface area contributed by atoms with Gasteiger partial charge in [0.25, 0.3) is 5.91 Å². The van der Waals surface area contributed by atoms with Crippen LogP contribution >= 0.6 is 0 Å². The molecule has 0 saturated heterocycles. The maximum atomic E-state index is 11.4. The first-order chi connectivity index (χ1) is 9.52. The second kappa shape index (κ2) is 6.27. The van der Waals surface area contributed by atoms with Crippen LogP contribution < -0.4 is 10.6 Å².